The Balaban J connectivity index is 1.37. The summed E-state index contributed by atoms with van der Waals surface area (Å²) in [4.78, 5) is 27.0. The summed E-state index contributed by atoms with van der Waals surface area (Å²) in [6.45, 7) is 6.89. The van der Waals surface area contributed by atoms with Crippen molar-refractivity contribution in [3.05, 3.63) is 75.7 Å². The van der Waals surface area contributed by atoms with Crippen molar-refractivity contribution in [2.45, 2.75) is 46.2 Å². The number of amides is 1. The van der Waals surface area contributed by atoms with Gasteiger partial charge in [0.15, 0.2) is 11.5 Å². The van der Waals surface area contributed by atoms with Gasteiger partial charge in [0.25, 0.3) is 5.91 Å². The van der Waals surface area contributed by atoms with Crippen LogP contribution >= 0.6 is 11.3 Å². The molecule has 0 saturated heterocycles. The number of carbonyl (C=O) groups excluding carboxylic acids is 2. The molecule has 2 aliphatic rings. The molecule has 1 aliphatic heterocycles. The molecule has 0 saturated carbocycles. The predicted molar refractivity (Wildman–Crippen MR) is 138 cm³/mol. The molecule has 2 heterocycles. The van der Waals surface area contributed by atoms with Gasteiger partial charge in [-0.25, -0.2) is 4.79 Å². The highest BCUT2D eigenvalue weighted by Gasteiger charge is 2.36. The van der Waals surface area contributed by atoms with Crippen molar-refractivity contribution < 1.29 is 19.1 Å². The Labute approximate surface area is 209 Å². The number of nitrogens with one attached hydrogen (secondary N) is 2. The molecule has 5 rings (SSSR count). The van der Waals surface area contributed by atoms with Gasteiger partial charge in [0.05, 0.1) is 18.2 Å². The van der Waals surface area contributed by atoms with Crippen LogP contribution in [0.5, 0.6) is 11.5 Å². The van der Waals surface area contributed by atoms with Gasteiger partial charge in [0, 0.05) is 4.88 Å². The van der Waals surface area contributed by atoms with Crippen LogP contribution in [0.3, 0.4) is 0 Å². The van der Waals surface area contributed by atoms with E-state index >= 15 is 0 Å². The summed E-state index contributed by atoms with van der Waals surface area (Å²) in [7, 11) is 1.53. The number of hydrogen-bond donors (Lipinski definition) is 2. The van der Waals surface area contributed by atoms with Crippen LogP contribution in [0, 0.1) is 11.3 Å². The van der Waals surface area contributed by atoms with Gasteiger partial charge >= 0.3 is 5.97 Å². The summed E-state index contributed by atoms with van der Waals surface area (Å²) in [6.07, 6.45) is 2.67. The molecule has 3 aromatic rings. The molecule has 1 aliphatic carbocycles. The Morgan fingerprint density at radius 1 is 1.06 bits per heavy atom. The van der Waals surface area contributed by atoms with E-state index in [1.807, 2.05) is 12.1 Å². The topological polar surface area (TPSA) is 76.7 Å². The maximum Gasteiger partial charge on any atom is 0.343 e. The maximum atomic E-state index is 13.2. The second-order valence-electron chi connectivity index (χ2n) is 10.2. The highest BCUT2D eigenvalue weighted by molar-refractivity contribution is 7.16. The molecule has 2 atom stereocenters. The monoisotopic (exact) mass is 490 g/mol. The number of rotatable bonds is 4. The molecule has 0 bridgehead atoms. The highest BCUT2D eigenvalue weighted by atomic mass is 32.1. The zero-order chi connectivity index (χ0) is 24.7. The van der Waals surface area contributed by atoms with Crippen molar-refractivity contribution in [1.82, 2.24) is 5.32 Å². The van der Waals surface area contributed by atoms with Gasteiger partial charge in [-0.15, -0.1) is 11.3 Å². The number of fused-ring (bicyclic) bond motifs is 3. The van der Waals surface area contributed by atoms with E-state index in [1.165, 1.54) is 17.6 Å². The normalized spacial score (nSPS) is 19.1. The Morgan fingerprint density at radius 2 is 1.83 bits per heavy atom. The van der Waals surface area contributed by atoms with Crippen molar-refractivity contribution in [2.75, 3.05) is 12.4 Å². The lowest BCUT2D eigenvalue weighted by Gasteiger charge is -2.34. The van der Waals surface area contributed by atoms with Gasteiger partial charge in [-0.3, -0.25) is 4.79 Å². The smallest absolute Gasteiger partial charge is 0.343 e. The van der Waals surface area contributed by atoms with E-state index in [9.17, 15) is 9.59 Å². The maximum absolute atomic E-state index is 13.2. The Morgan fingerprint density at radius 3 is 2.54 bits per heavy atom. The van der Waals surface area contributed by atoms with Gasteiger partial charge in [0.1, 0.15) is 11.2 Å². The quantitative estimate of drug-likeness (QED) is 0.347. The number of thiophene rings is 1. The zero-order valence-corrected chi connectivity index (χ0v) is 21.3. The van der Waals surface area contributed by atoms with Crippen molar-refractivity contribution in [2.24, 2.45) is 11.3 Å². The van der Waals surface area contributed by atoms with E-state index in [2.05, 4.69) is 31.4 Å². The standard InChI is InChI=1S/C28H30N2O4S/c1-28(2,3)18-11-12-19-22(15-18)35-26-23(19)25(31)29-24(30-26)17-10-13-20(21(14-17)33-4)34-27(32)16-8-6-5-7-9-16/h5-10,13-14,18,24,30H,11-12,15H2,1-4H3,(H,29,31). The third kappa shape index (κ3) is 4.52. The van der Waals surface area contributed by atoms with Gasteiger partial charge in [-0.2, -0.15) is 0 Å². The van der Waals surface area contributed by atoms with Gasteiger partial charge in [-0.1, -0.05) is 45.0 Å². The van der Waals surface area contributed by atoms with Gasteiger partial charge < -0.3 is 20.1 Å². The Hall–Kier alpha value is -3.32. The first kappa shape index (κ1) is 23.4. The summed E-state index contributed by atoms with van der Waals surface area (Å²) in [5.41, 5.74) is 3.54. The third-order valence-corrected chi connectivity index (χ3v) is 8.19. The summed E-state index contributed by atoms with van der Waals surface area (Å²) < 4.78 is 11.1. The molecule has 2 unspecified atom stereocenters. The second-order valence-corrected chi connectivity index (χ2v) is 11.3. The second kappa shape index (κ2) is 9.04. The van der Waals surface area contributed by atoms with E-state index in [0.717, 1.165) is 35.4 Å². The van der Waals surface area contributed by atoms with Crippen LogP contribution in [-0.4, -0.2) is 19.0 Å². The molecule has 0 fully saturated rings. The molecule has 2 N–H and O–H groups in total. The number of anilines is 1. The average molecular weight is 491 g/mol. The summed E-state index contributed by atoms with van der Waals surface area (Å²) in [5, 5.41) is 7.54. The molecule has 1 aromatic heterocycles. The minimum atomic E-state index is -0.455. The molecule has 35 heavy (non-hydrogen) atoms. The van der Waals surface area contributed by atoms with Crippen LogP contribution in [0.2, 0.25) is 0 Å². The van der Waals surface area contributed by atoms with E-state index in [4.69, 9.17) is 9.47 Å². The van der Waals surface area contributed by atoms with Crippen molar-refractivity contribution in [3.8, 4) is 11.5 Å². The van der Waals surface area contributed by atoms with E-state index < -0.39 is 12.1 Å². The fraction of sp³-hybridized carbons (Fsp3) is 0.357. The van der Waals surface area contributed by atoms with Crippen LogP contribution in [0.1, 0.15) is 70.1 Å². The first-order valence-electron chi connectivity index (χ1n) is 11.9. The fourth-order valence-electron chi connectivity index (χ4n) is 4.89. The summed E-state index contributed by atoms with van der Waals surface area (Å²) >= 11 is 1.71. The number of carbonyl (C=O) groups is 2. The number of hydrogen-bond acceptors (Lipinski definition) is 6. The fourth-order valence-corrected chi connectivity index (χ4v) is 6.24. The molecule has 0 spiro atoms. The lowest BCUT2D eigenvalue weighted by Crippen LogP contribution is -2.38. The van der Waals surface area contributed by atoms with Crippen LogP contribution in [0.4, 0.5) is 5.00 Å². The average Bonchev–Trinajstić information content (AvgIpc) is 3.22. The lowest BCUT2D eigenvalue weighted by atomic mass is 9.72. The van der Waals surface area contributed by atoms with E-state index in [-0.39, 0.29) is 11.3 Å². The minimum Gasteiger partial charge on any atom is -0.493 e. The SMILES string of the molecule is COc1cc(C2NC(=O)c3c(sc4c3CCC(C(C)(C)C)C4)N2)ccc1OC(=O)c1ccccc1. The minimum absolute atomic E-state index is 0.0472. The van der Waals surface area contributed by atoms with Crippen LogP contribution in [0.25, 0.3) is 0 Å². The number of esters is 1. The molecule has 2 aromatic carbocycles. The first-order valence-corrected chi connectivity index (χ1v) is 12.7. The van der Waals surface area contributed by atoms with Crippen LogP contribution in [0.15, 0.2) is 48.5 Å². The highest BCUT2D eigenvalue weighted by Crippen LogP contribution is 2.46. The van der Waals surface area contributed by atoms with Crippen molar-refractivity contribution >= 4 is 28.2 Å². The summed E-state index contributed by atoms with van der Waals surface area (Å²) in [5.74, 6) is 0.862. The largest absolute Gasteiger partial charge is 0.493 e. The number of benzene rings is 2. The first-order chi connectivity index (χ1) is 16.7. The molecule has 7 heteroatoms. The Bertz CT molecular complexity index is 1280. The van der Waals surface area contributed by atoms with Crippen molar-refractivity contribution in [1.29, 1.82) is 0 Å². The van der Waals surface area contributed by atoms with Crippen LogP contribution < -0.4 is 20.1 Å². The molecule has 182 valence electrons. The van der Waals surface area contributed by atoms with Crippen molar-refractivity contribution in [3.63, 3.8) is 0 Å². The number of methoxy groups -OCH3 is 1. The lowest BCUT2D eigenvalue weighted by molar-refractivity contribution is 0.0729. The van der Waals surface area contributed by atoms with Gasteiger partial charge in [-0.05, 0) is 66.0 Å². The van der Waals surface area contributed by atoms with E-state index in [1.54, 1.807) is 47.7 Å². The molecule has 6 nitrogen and oxygen atoms in total. The zero-order valence-electron chi connectivity index (χ0n) is 20.4. The molecular formula is C28H30N2O4S. The third-order valence-electron chi connectivity index (χ3n) is 7.00. The number of ether oxygens (including phenoxy) is 2. The molecule has 0 radical (unpaired) electrons. The predicted octanol–water partition coefficient (Wildman–Crippen LogP) is 5.98. The van der Waals surface area contributed by atoms with Crippen LogP contribution in [-0.2, 0) is 12.8 Å². The molecule has 1 amide bonds. The Kier molecular flexibility index (Phi) is 6.05. The van der Waals surface area contributed by atoms with E-state index in [0.29, 0.717) is 23.0 Å². The summed E-state index contributed by atoms with van der Waals surface area (Å²) in [6, 6.07) is 14.1. The molecular weight excluding hydrogens is 460 g/mol. The van der Waals surface area contributed by atoms with Gasteiger partial charge in [0.2, 0.25) is 0 Å².